The number of allylic oxidation sites excluding steroid dienone is 1. The smallest absolute Gasteiger partial charge is 0.141 e. The SMILES string of the molecule is CC(N)CC(=N)/C=C\Nc1ccc(F)cn1. The molecule has 0 radical (unpaired) electrons. The molecule has 86 valence electrons. The molecule has 0 aliphatic rings. The van der Waals surface area contributed by atoms with Crippen LogP contribution in [0, 0.1) is 11.2 Å². The van der Waals surface area contributed by atoms with E-state index in [1.807, 2.05) is 6.92 Å². The molecule has 0 fully saturated rings. The molecule has 0 aromatic carbocycles. The van der Waals surface area contributed by atoms with Crippen LogP contribution in [0.1, 0.15) is 13.3 Å². The highest BCUT2D eigenvalue weighted by atomic mass is 19.1. The lowest BCUT2D eigenvalue weighted by Gasteiger charge is -2.02. The van der Waals surface area contributed by atoms with Crippen molar-refractivity contribution in [1.82, 2.24) is 4.98 Å². The average Bonchev–Trinajstić information content (AvgIpc) is 2.20. The molecule has 0 aliphatic carbocycles. The highest BCUT2D eigenvalue weighted by molar-refractivity contribution is 5.92. The molecule has 1 rings (SSSR count). The van der Waals surface area contributed by atoms with Gasteiger partial charge < -0.3 is 16.5 Å². The lowest BCUT2D eigenvalue weighted by Crippen LogP contribution is -2.18. The second-order valence-electron chi connectivity index (χ2n) is 3.55. The number of aromatic nitrogens is 1. The van der Waals surface area contributed by atoms with Crippen molar-refractivity contribution < 1.29 is 4.39 Å². The molecule has 0 amide bonds. The van der Waals surface area contributed by atoms with Crippen LogP contribution in [-0.2, 0) is 0 Å². The first-order chi connectivity index (χ1) is 7.58. The van der Waals surface area contributed by atoms with Gasteiger partial charge in [0.25, 0.3) is 0 Å². The minimum Gasteiger partial charge on any atom is -0.347 e. The maximum absolute atomic E-state index is 12.5. The fourth-order valence-corrected chi connectivity index (χ4v) is 1.10. The standard InChI is InChI=1S/C11H15FN4/c1-8(13)6-10(14)4-5-15-11-3-2-9(12)7-16-11/h2-5,7-8,14H,6,13H2,1H3,(H,15,16)/b5-4-,14-10?. The zero-order chi connectivity index (χ0) is 12.0. The van der Waals surface area contributed by atoms with Crippen molar-refractivity contribution in [2.75, 3.05) is 5.32 Å². The third-order valence-electron chi connectivity index (χ3n) is 1.79. The lowest BCUT2D eigenvalue weighted by atomic mass is 10.1. The van der Waals surface area contributed by atoms with E-state index in [4.69, 9.17) is 11.1 Å². The summed E-state index contributed by atoms with van der Waals surface area (Å²) in [6, 6.07) is 2.81. The number of nitrogens with zero attached hydrogens (tertiary/aromatic N) is 1. The van der Waals surface area contributed by atoms with Crippen LogP contribution in [-0.4, -0.2) is 16.7 Å². The number of anilines is 1. The van der Waals surface area contributed by atoms with E-state index in [0.717, 1.165) is 6.20 Å². The van der Waals surface area contributed by atoms with Gasteiger partial charge in [0.1, 0.15) is 11.6 Å². The van der Waals surface area contributed by atoms with E-state index in [1.54, 1.807) is 12.3 Å². The van der Waals surface area contributed by atoms with E-state index in [9.17, 15) is 4.39 Å². The number of rotatable bonds is 5. The molecule has 1 heterocycles. The van der Waals surface area contributed by atoms with E-state index >= 15 is 0 Å². The molecule has 0 spiro atoms. The third kappa shape index (κ3) is 4.65. The molecule has 0 aliphatic heterocycles. The summed E-state index contributed by atoms with van der Waals surface area (Å²) in [6.07, 6.45) is 4.85. The van der Waals surface area contributed by atoms with Gasteiger partial charge in [0.05, 0.1) is 6.20 Å². The third-order valence-corrected chi connectivity index (χ3v) is 1.79. The van der Waals surface area contributed by atoms with Crippen LogP contribution < -0.4 is 11.1 Å². The number of nitrogens with two attached hydrogens (primary N) is 1. The Bertz CT molecular complexity index is 370. The van der Waals surface area contributed by atoms with E-state index in [0.29, 0.717) is 18.0 Å². The highest BCUT2D eigenvalue weighted by Crippen LogP contribution is 2.03. The Morgan fingerprint density at radius 3 is 3.00 bits per heavy atom. The van der Waals surface area contributed by atoms with Gasteiger partial charge in [-0.3, -0.25) is 0 Å². The Hall–Kier alpha value is -1.75. The van der Waals surface area contributed by atoms with Crippen molar-refractivity contribution in [3.05, 3.63) is 36.4 Å². The van der Waals surface area contributed by atoms with Gasteiger partial charge in [-0.1, -0.05) is 0 Å². The van der Waals surface area contributed by atoms with Crippen molar-refractivity contribution >= 4 is 11.5 Å². The minimum atomic E-state index is -0.376. The number of hydrogen-bond donors (Lipinski definition) is 3. The summed E-state index contributed by atoms with van der Waals surface area (Å²) in [5.41, 5.74) is 5.98. The summed E-state index contributed by atoms with van der Waals surface area (Å²) >= 11 is 0. The highest BCUT2D eigenvalue weighted by Gasteiger charge is 1.96. The van der Waals surface area contributed by atoms with Crippen LogP contribution in [0.5, 0.6) is 0 Å². The van der Waals surface area contributed by atoms with Crippen LogP contribution in [0.2, 0.25) is 0 Å². The van der Waals surface area contributed by atoms with Crippen molar-refractivity contribution in [1.29, 1.82) is 5.41 Å². The van der Waals surface area contributed by atoms with Crippen molar-refractivity contribution in [2.24, 2.45) is 5.73 Å². The number of halogens is 1. The molecule has 1 aromatic rings. The van der Waals surface area contributed by atoms with Crippen LogP contribution in [0.25, 0.3) is 0 Å². The molecule has 4 nitrogen and oxygen atoms in total. The van der Waals surface area contributed by atoms with Gasteiger partial charge >= 0.3 is 0 Å². The largest absolute Gasteiger partial charge is 0.347 e. The maximum Gasteiger partial charge on any atom is 0.141 e. The topological polar surface area (TPSA) is 74.8 Å². The summed E-state index contributed by atoms with van der Waals surface area (Å²) in [6.45, 7) is 1.84. The molecule has 4 N–H and O–H groups in total. The second kappa shape index (κ2) is 5.97. The predicted octanol–water partition coefficient (Wildman–Crippen LogP) is 1.90. The maximum atomic E-state index is 12.5. The van der Waals surface area contributed by atoms with Crippen molar-refractivity contribution in [3.8, 4) is 0 Å². The summed E-state index contributed by atoms with van der Waals surface area (Å²) in [7, 11) is 0. The number of nitrogens with one attached hydrogen (secondary N) is 2. The average molecular weight is 222 g/mol. The van der Waals surface area contributed by atoms with Crippen molar-refractivity contribution in [2.45, 2.75) is 19.4 Å². The Balaban J connectivity index is 2.42. The first kappa shape index (κ1) is 12.3. The Morgan fingerprint density at radius 2 is 2.44 bits per heavy atom. The first-order valence-electron chi connectivity index (χ1n) is 4.95. The van der Waals surface area contributed by atoms with Gasteiger partial charge in [0, 0.05) is 24.4 Å². The van der Waals surface area contributed by atoms with E-state index in [2.05, 4.69) is 10.3 Å². The fourth-order valence-electron chi connectivity index (χ4n) is 1.10. The zero-order valence-corrected chi connectivity index (χ0v) is 9.07. The van der Waals surface area contributed by atoms with Crippen molar-refractivity contribution in [3.63, 3.8) is 0 Å². The van der Waals surface area contributed by atoms with Gasteiger partial charge in [-0.2, -0.15) is 0 Å². The van der Waals surface area contributed by atoms with E-state index in [1.165, 1.54) is 12.1 Å². The Morgan fingerprint density at radius 1 is 1.69 bits per heavy atom. The zero-order valence-electron chi connectivity index (χ0n) is 9.07. The second-order valence-corrected chi connectivity index (χ2v) is 3.55. The van der Waals surface area contributed by atoms with Crippen LogP contribution >= 0.6 is 0 Å². The molecule has 16 heavy (non-hydrogen) atoms. The van der Waals surface area contributed by atoms with Gasteiger partial charge in [-0.05, 0) is 25.1 Å². The van der Waals surface area contributed by atoms with Gasteiger partial charge in [0.15, 0.2) is 0 Å². The summed E-state index contributed by atoms with van der Waals surface area (Å²) < 4.78 is 12.5. The van der Waals surface area contributed by atoms with Crippen LogP contribution in [0.15, 0.2) is 30.6 Å². The normalized spacial score (nSPS) is 12.7. The van der Waals surface area contributed by atoms with E-state index in [-0.39, 0.29) is 11.9 Å². The lowest BCUT2D eigenvalue weighted by molar-refractivity contribution is 0.622. The summed E-state index contributed by atoms with van der Waals surface area (Å²) in [4.78, 5) is 3.80. The molecular weight excluding hydrogens is 207 g/mol. The molecule has 0 saturated heterocycles. The molecular formula is C11H15FN4. The summed E-state index contributed by atoms with van der Waals surface area (Å²) in [5.74, 6) is 0.158. The first-order valence-corrected chi connectivity index (χ1v) is 4.95. The van der Waals surface area contributed by atoms with Crippen LogP contribution in [0.4, 0.5) is 10.2 Å². The summed E-state index contributed by atoms with van der Waals surface area (Å²) in [5, 5.41) is 10.4. The molecule has 0 bridgehead atoms. The van der Waals surface area contributed by atoms with Crippen LogP contribution in [0.3, 0.4) is 0 Å². The van der Waals surface area contributed by atoms with Gasteiger partial charge in [-0.15, -0.1) is 0 Å². The van der Waals surface area contributed by atoms with E-state index < -0.39 is 0 Å². The number of hydrogen-bond acceptors (Lipinski definition) is 4. The molecule has 1 atom stereocenters. The van der Waals surface area contributed by atoms with Gasteiger partial charge in [0.2, 0.25) is 0 Å². The molecule has 1 unspecified atom stereocenters. The monoisotopic (exact) mass is 222 g/mol. The minimum absolute atomic E-state index is 0.0268. The predicted molar refractivity (Wildman–Crippen MR) is 63.0 cm³/mol. The Kier molecular flexibility index (Phi) is 4.60. The molecule has 0 saturated carbocycles. The molecule has 5 heteroatoms. The fraction of sp³-hybridized carbons (Fsp3) is 0.273. The quantitative estimate of drug-likeness (QED) is 0.666. The van der Waals surface area contributed by atoms with Gasteiger partial charge in [-0.25, -0.2) is 9.37 Å². The molecule has 1 aromatic heterocycles. The number of pyridine rings is 1. The Labute approximate surface area is 93.9 Å².